The number of pyridine rings is 1. The largest absolute Gasteiger partial charge is 0.486 e. The van der Waals surface area contributed by atoms with E-state index in [2.05, 4.69) is 16.4 Å². The van der Waals surface area contributed by atoms with Crippen LogP contribution in [0.2, 0.25) is 0 Å². The first kappa shape index (κ1) is 26.0. The fourth-order valence-corrected chi connectivity index (χ4v) is 6.02. The Balaban J connectivity index is 1.48. The van der Waals surface area contributed by atoms with Gasteiger partial charge in [-0.1, -0.05) is 48.0 Å². The summed E-state index contributed by atoms with van der Waals surface area (Å²) < 4.78 is 26.9. The highest BCUT2D eigenvalue weighted by molar-refractivity contribution is 7.85. The van der Waals surface area contributed by atoms with Gasteiger partial charge in [-0.3, -0.25) is 9.10 Å². The van der Waals surface area contributed by atoms with Gasteiger partial charge in [0.2, 0.25) is 0 Å². The fraction of sp³-hybridized carbons (Fsp3) is 0.152. The molecule has 1 aliphatic heterocycles. The van der Waals surface area contributed by atoms with Crippen molar-refractivity contribution in [3.8, 4) is 39.7 Å². The van der Waals surface area contributed by atoms with Crippen LogP contribution in [0.4, 0.5) is 5.69 Å². The number of fused-ring (bicyclic) bond motifs is 6. The summed E-state index contributed by atoms with van der Waals surface area (Å²) >= 11 is 0. The van der Waals surface area contributed by atoms with Gasteiger partial charge in [-0.2, -0.15) is 0 Å². The second-order valence-corrected chi connectivity index (χ2v) is 11.8. The number of benzene rings is 3. The van der Waals surface area contributed by atoms with Gasteiger partial charge in [0, 0.05) is 59.4 Å². The highest BCUT2D eigenvalue weighted by Crippen LogP contribution is 2.44. The Hall–Kier alpha value is -4.89. The van der Waals surface area contributed by atoms with Crippen molar-refractivity contribution in [3.63, 3.8) is 0 Å². The number of furan rings is 1. The molecule has 1 atom stereocenters. The lowest BCUT2D eigenvalue weighted by atomic mass is 9.99. The van der Waals surface area contributed by atoms with Gasteiger partial charge in [-0.25, -0.2) is 9.19 Å². The maximum absolute atomic E-state index is 13.3. The van der Waals surface area contributed by atoms with E-state index >= 15 is 0 Å². The third-order valence-electron chi connectivity index (χ3n) is 7.86. The Bertz CT molecular complexity index is 2060. The van der Waals surface area contributed by atoms with Gasteiger partial charge in [0.15, 0.2) is 0 Å². The van der Waals surface area contributed by atoms with E-state index in [9.17, 15) is 9.00 Å². The normalized spacial score (nSPS) is 13.0. The molecular weight excluding hydrogens is 548 g/mol. The molecule has 0 saturated heterocycles. The van der Waals surface area contributed by atoms with Gasteiger partial charge < -0.3 is 19.5 Å². The van der Waals surface area contributed by atoms with E-state index in [1.165, 1.54) is 0 Å². The van der Waals surface area contributed by atoms with E-state index < -0.39 is 11.0 Å². The number of nitrogens with one attached hydrogen (secondary N) is 2. The molecule has 0 spiro atoms. The topological polar surface area (TPSA) is 100 Å². The summed E-state index contributed by atoms with van der Waals surface area (Å²) in [6, 6.07) is 23.5. The van der Waals surface area contributed by atoms with Gasteiger partial charge >= 0.3 is 0 Å². The van der Waals surface area contributed by atoms with Gasteiger partial charge in [-0.05, 0) is 31.2 Å². The zero-order valence-electron chi connectivity index (χ0n) is 23.6. The van der Waals surface area contributed by atoms with Crippen LogP contribution in [0.3, 0.4) is 0 Å². The van der Waals surface area contributed by atoms with Crippen LogP contribution in [-0.2, 0) is 17.6 Å². The van der Waals surface area contributed by atoms with E-state index in [1.54, 1.807) is 24.7 Å². The highest BCUT2D eigenvalue weighted by Gasteiger charge is 2.27. The van der Waals surface area contributed by atoms with Crippen molar-refractivity contribution in [2.45, 2.75) is 13.5 Å². The summed E-state index contributed by atoms with van der Waals surface area (Å²) in [4.78, 5) is 21.9. The summed E-state index contributed by atoms with van der Waals surface area (Å²) in [6.45, 7) is 2.46. The number of carbonyl (C=O) groups is 1. The summed E-state index contributed by atoms with van der Waals surface area (Å²) in [6.07, 6.45) is 1.62. The number of aromatic nitrogens is 2. The average Bonchev–Trinajstić information content (AvgIpc) is 3.58. The third kappa shape index (κ3) is 4.08. The van der Waals surface area contributed by atoms with Crippen LogP contribution in [0, 0.1) is 6.92 Å². The molecule has 1 unspecified atom stereocenters. The second kappa shape index (κ2) is 9.88. The van der Waals surface area contributed by atoms with Gasteiger partial charge in [0.25, 0.3) is 5.91 Å². The van der Waals surface area contributed by atoms with Crippen molar-refractivity contribution < 1.29 is 18.2 Å². The first-order chi connectivity index (χ1) is 20.3. The van der Waals surface area contributed by atoms with Crippen molar-refractivity contribution in [2.24, 2.45) is 0 Å². The van der Waals surface area contributed by atoms with Crippen molar-refractivity contribution in [3.05, 3.63) is 89.5 Å². The molecule has 0 radical (unpaired) electrons. The molecule has 1 aliphatic rings. The average molecular weight is 577 g/mol. The minimum atomic E-state index is -1.33. The zero-order chi connectivity index (χ0) is 29.1. The number of aromatic amines is 1. The lowest BCUT2D eigenvalue weighted by Gasteiger charge is -2.21. The molecule has 0 bridgehead atoms. The molecule has 3 aromatic carbocycles. The van der Waals surface area contributed by atoms with Gasteiger partial charge in [0.05, 0.1) is 22.6 Å². The third-order valence-corrected chi connectivity index (χ3v) is 8.82. The highest BCUT2D eigenvalue weighted by atomic mass is 32.2. The summed E-state index contributed by atoms with van der Waals surface area (Å²) in [5, 5.41) is 4.51. The number of rotatable bonds is 5. The molecule has 1 amide bonds. The quantitative estimate of drug-likeness (QED) is 0.241. The summed E-state index contributed by atoms with van der Waals surface area (Å²) in [5.74, 6) is 0.899. The number of nitrogens with zero attached hydrogens (tertiary/aromatic N) is 2. The van der Waals surface area contributed by atoms with E-state index in [1.807, 2.05) is 73.7 Å². The van der Waals surface area contributed by atoms with E-state index in [-0.39, 0.29) is 5.91 Å². The summed E-state index contributed by atoms with van der Waals surface area (Å²) in [7, 11) is 2.04. The second-order valence-electron chi connectivity index (χ2n) is 10.4. The van der Waals surface area contributed by atoms with Crippen molar-refractivity contribution in [1.82, 2.24) is 15.3 Å². The summed E-state index contributed by atoms with van der Waals surface area (Å²) in [5.41, 5.74) is 8.58. The van der Waals surface area contributed by atoms with Gasteiger partial charge in [0.1, 0.15) is 40.4 Å². The molecule has 42 heavy (non-hydrogen) atoms. The standard InChI is InChI=1S/C33H28N4O4S/c1-18-9-11-19(12-10-18)32-29(33(38)34-2)22-15-21(26(16-28(22)41-32)37(3)42(4)39)25-13-14-27-31(36-25)30-23(17-40-27)20-7-5-6-8-24(20)35-30/h5-16,35H,17H2,1-4H3,(H,34,38). The fourth-order valence-electron chi connectivity index (χ4n) is 5.59. The van der Waals surface area contributed by atoms with Crippen molar-refractivity contribution >= 4 is 44.5 Å². The molecule has 210 valence electrons. The number of hydrogen-bond acceptors (Lipinski definition) is 5. The molecule has 0 saturated carbocycles. The van der Waals surface area contributed by atoms with Crippen LogP contribution < -0.4 is 14.4 Å². The zero-order valence-corrected chi connectivity index (χ0v) is 24.4. The monoisotopic (exact) mass is 576 g/mol. The number of hydrogen-bond donors (Lipinski definition) is 2. The minimum absolute atomic E-state index is 0.259. The number of ether oxygens (including phenoxy) is 1. The molecule has 9 heteroatoms. The molecule has 2 N–H and O–H groups in total. The number of para-hydroxylation sites is 1. The molecular formula is C33H28N4O4S. The minimum Gasteiger partial charge on any atom is -0.486 e. The van der Waals surface area contributed by atoms with Gasteiger partial charge in [-0.15, -0.1) is 0 Å². The van der Waals surface area contributed by atoms with E-state index in [0.717, 1.165) is 33.3 Å². The first-order valence-corrected chi connectivity index (χ1v) is 15.1. The van der Waals surface area contributed by atoms with Crippen LogP contribution in [0.5, 0.6) is 5.75 Å². The molecule has 8 nitrogen and oxygen atoms in total. The van der Waals surface area contributed by atoms with Crippen LogP contribution in [-0.4, -0.2) is 40.4 Å². The predicted octanol–water partition coefficient (Wildman–Crippen LogP) is 6.60. The lowest BCUT2D eigenvalue weighted by Crippen LogP contribution is -2.20. The first-order valence-electron chi connectivity index (χ1n) is 13.5. The number of amides is 1. The Morgan fingerprint density at radius 2 is 1.83 bits per heavy atom. The van der Waals surface area contributed by atoms with Crippen LogP contribution >= 0.6 is 0 Å². The maximum Gasteiger partial charge on any atom is 0.255 e. The number of H-pyrrole nitrogens is 1. The number of carbonyl (C=O) groups excluding carboxylic acids is 1. The Morgan fingerprint density at radius 1 is 1.05 bits per heavy atom. The Morgan fingerprint density at radius 3 is 2.60 bits per heavy atom. The predicted molar refractivity (Wildman–Crippen MR) is 167 cm³/mol. The molecule has 6 aromatic rings. The van der Waals surface area contributed by atoms with Crippen LogP contribution in [0.1, 0.15) is 21.5 Å². The van der Waals surface area contributed by atoms with E-state index in [0.29, 0.717) is 57.3 Å². The van der Waals surface area contributed by atoms with Crippen LogP contribution in [0.25, 0.3) is 55.8 Å². The molecule has 7 rings (SSSR count). The van der Waals surface area contributed by atoms with Crippen LogP contribution in [0.15, 0.2) is 77.2 Å². The molecule has 0 fully saturated rings. The Labute approximate surface area is 244 Å². The number of aryl methyl sites for hydroxylation is 1. The smallest absolute Gasteiger partial charge is 0.255 e. The molecule has 0 aliphatic carbocycles. The number of anilines is 1. The van der Waals surface area contributed by atoms with Crippen molar-refractivity contribution in [2.75, 3.05) is 24.7 Å². The Kier molecular flexibility index (Phi) is 6.13. The lowest BCUT2D eigenvalue weighted by molar-refractivity contribution is 0.0964. The maximum atomic E-state index is 13.3. The molecule has 4 heterocycles. The van der Waals surface area contributed by atoms with Crippen molar-refractivity contribution in [1.29, 1.82) is 0 Å². The SMILES string of the molecule is CNC(=O)c1c(-c2ccc(C)cc2)oc2cc(N(C)S(C)=O)c(-c3ccc4c(n3)-c3[nH]c5ccccc5c3CO4)cc12. The molecule has 3 aromatic heterocycles. The van der Waals surface area contributed by atoms with E-state index in [4.69, 9.17) is 14.1 Å².